The molecular formula is C18H21NO4. The van der Waals surface area contributed by atoms with Gasteiger partial charge in [0.1, 0.15) is 12.1 Å². The van der Waals surface area contributed by atoms with E-state index < -0.39 is 23.4 Å². The molecule has 0 unspecified atom stereocenters. The molecule has 0 spiro atoms. The van der Waals surface area contributed by atoms with Crippen LogP contribution in [0.2, 0.25) is 0 Å². The van der Waals surface area contributed by atoms with Crippen molar-refractivity contribution in [2.45, 2.75) is 44.2 Å². The van der Waals surface area contributed by atoms with E-state index in [9.17, 15) is 9.59 Å². The summed E-state index contributed by atoms with van der Waals surface area (Å²) in [6, 6.07) is 6.21. The van der Waals surface area contributed by atoms with Gasteiger partial charge in [-0.1, -0.05) is 18.2 Å². The molecule has 1 aromatic rings. The Morgan fingerprint density at radius 3 is 2.83 bits per heavy atom. The highest BCUT2D eigenvalue weighted by atomic mass is 16.5. The number of aryl methyl sites for hydroxylation is 2. The van der Waals surface area contributed by atoms with Gasteiger partial charge in [0.15, 0.2) is 0 Å². The minimum absolute atomic E-state index is 0.0463. The van der Waals surface area contributed by atoms with Crippen molar-refractivity contribution in [1.29, 1.82) is 0 Å². The van der Waals surface area contributed by atoms with Gasteiger partial charge in [-0.15, -0.1) is 0 Å². The van der Waals surface area contributed by atoms with Crippen LogP contribution in [0.3, 0.4) is 0 Å². The molecule has 2 fully saturated rings. The molecule has 3 aliphatic rings. The van der Waals surface area contributed by atoms with Crippen molar-refractivity contribution in [3.05, 3.63) is 34.9 Å². The lowest BCUT2D eigenvalue weighted by Crippen LogP contribution is -2.50. The number of carboxylic acids is 1. The minimum Gasteiger partial charge on any atom is -0.481 e. The number of benzene rings is 1. The normalized spacial score (nSPS) is 33.9. The zero-order valence-corrected chi connectivity index (χ0v) is 13.0. The number of rotatable bonds is 4. The Bertz CT molecular complexity index is 686. The molecule has 0 aromatic heterocycles. The van der Waals surface area contributed by atoms with Crippen molar-refractivity contribution in [2.24, 2.45) is 23.5 Å². The van der Waals surface area contributed by atoms with Gasteiger partial charge in [-0.25, -0.2) is 0 Å². The monoisotopic (exact) mass is 315 g/mol. The number of esters is 1. The van der Waals surface area contributed by atoms with Crippen LogP contribution in [0.15, 0.2) is 18.2 Å². The number of hydrogen-bond donors (Lipinski definition) is 2. The van der Waals surface area contributed by atoms with Gasteiger partial charge in [0, 0.05) is 5.92 Å². The molecule has 4 atom stereocenters. The molecule has 5 heteroatoms. The molecule has 0 bridgehead atoms. The highest BCUT2D eigenvalue weighted by Crippen LogP contribution is 2.61. The van der Waals surface area contributed by atoms with Gasteiger partial charge in [-0.3, -0.25) is 9.59 Å². The van der Waals surface area contributed by atoms with Crippen LogP contribution in [-0.4, -0.2) is 22.6 Å². The summed E-state index contributed by atoms with van der Waals surface area (Å²) in [5.74, 6) is -1.98. The zero-order chi connectivity index (χ0) is 16.2. The number of carbonyl (C=O) groups is 2. The van der Waals surface area contributed by atoms with Crippen molar-refractivity contribution >= 4 is 11.9 Å². The second-order valence-electron chi connectivity index (χ2n) is 7.17. The number of carbonyl (C=O) groups excluding carboxylic acids is 1. The van der Waals surface area contributed by atoms with Crippen LogP contribution < -0.4 is 5.73 Å². The fourth-order valence-electron chi connectivity index (χ4n) is 4.58. The maximum absolute atomic E-state index is 12.4. The second kappa shape index (κ2) is 5.06. The first-order valence-electron chi connectivity index (χ1n) is 8.30. The number of carboxylic acid groups (broad SMARTS) is 1. The molecule has 3 N–H and O–H groups in total. The van der Waals surface area contributed by atoms with Crippen molar-refractivity contribution < 1.29 is 19.4 Å². The Labute approximate surface area is 134 Å². The highest BCUT2D eigenvalue weighted by Gasteiger charge is 2.70. The molecule has 2 saturated carbocycles. The summed E-state index contributed by atoms with van der Waals surface area (Å²) in [7, 11) is 0. The number of aliphatic carboxylic acids is 1. The van der Waals surface area contributed by atoms with E-state index in [1.807, 2.05) is 6.07 Å². The topological polar surface area (TPSA) is 89.6 Å². The first-order chi connectivity index (χ1) is 11.0. The van der Waals surface area contributed by atoms with Gasteiger partial charge in [-0.05, 0) is 54.7 Å². The predicted molar refractivity (Wildman–Crippen MR) is 82.5 cm³/mol. The van der Waals surface area contributed by atoms with E-state index in [2.05, 4.69) is 12.1 Å². The van der Waals surface area contributed by atoms with Gasteiger partial charge in [-0.2, -0.15) is 0 Å². The fraction of sp³-hybridized carbons (Fsp3) is 0.556. The van der Waals surface area contributed by atoms with Crippen LogP contribution in [0, 0.1) is 17.8 Å². The minimum atomic E-state index is -1.12. The summed E-state index contributed by atoms with van der Waals surface area (Å²) in [4.78, 5) is 23.6. The smallest absolute Gasteiger partial charge is 0.326 e. The van der Waals surface area contributed by atoms with Crippen LogP contribution in [0.25, 0.3) is 0 Å². The van der Waals surface area contributed by atoms with E-state index in [0.717, 1.165) is 18.4 Å². The van der Waals surface area contributed by atoms with Crippen molar-refractivity contribution in [2.75, 3.05) is 0 Å². The Kier molecular flexibility index (Phi) is 3.23. The highest BCUT2D eigenvalue weighted by molar-refractivity contribution is 5.86. The summed E-state index contributed by atoms with van der Waals surface area (Å²) in [5.41, 5.74) is 8.81. The molecule has 23 heavy (non-hydrogen) atoms. The first-order valence-corrected chi connectivity index (χ1v) is 8.30. The molecule has 122 valence electrons. The number of nitrogens with two attached hydrogens (primary N) is 1. The van der Waals surface area contributed by atoms with E-state index in [4.69, 9.17) is 15.6 Å². The number of fused-ring (bicyclic) bond motifs is 2. The SMILES string of the molecule is N[C@@]1(C(=O)OCc2ccc3c(c2)CCC3)CC[C@H]2[C@H](C(=O)O)[C@H]21. The van der Waals surface area contributed by atoms with Crippen LogP contribution in [0.4, 0.5) is 0 Å². The van der Waals surface area contributed by atoms with E-state index in [1.165, 1.54) is 17.5 Å². The van der Waals surface area contributed by atoms with Gasteiger partial charge in [0.05, 0.1) is 5.92 Å². The second-order valence-corrected chi connectivity index (χ2v) is 7.17. The van der Waals surface area contributed by atoms with Crippen LogP contribution >= 0.6 is 0 Å². The quantitative estimate of drug-likeness (QED) is 0.825. The molecule has 3 aliphatic carbocycles. The molecule has 5 nitrogen and oxygen atoms in total. The van der Waals surface area contributed by atoms with E-state index in [0.29, 0.717) is 12.8 Å². The molecule has 4 rings (SSSR count). The van der Waals surface area contributed by atoms with Gasteiger partial charge >= 0.3 is 11.9 Å². The average Bonchev–Trinajstić information content (AvgIpc) is 2.91. The Hall–Kier alpha value is -1.88. The van der Waals surface area contributed by atoms with E-state index in [-0.39, 0.29) is 18.4 Å². The fourth-order valence-corrected chi connectivity index (χ4v) is 4.58. The summed E-state index contributed by atoms with van der Waals surface area (Å²) in [6.07, 6.45) is 4.62. The van der Waals surface area contributed by atoms with Gasteiger partial charge < -0.3 is 15.6 Å². The van der Waals surface area contributed by atoms with Crippen LogP contribution in [0.5, 0.6) is 0 Å². The maximum atomic E-state index is 12.4. The lowest BCUT2D eigenvalue weighted by molar-refractivity contribution is -0.152. The van der Waals surface area contributed by atoms with E-state index in [1.54, 1.807) is 0 Å². The molecule has 0 amide bonds. The van der Waals surface area contributed by atoms with Crippen LogP contribution in [0.1, 0.15) is 36.0 Å². The molecule has 0 saturated heterocycles. The predicted octanol–water partition coefficient (Wildman–Crippen LogP) is 1.66. The van der Waals surface area contributed by atoms with Crippen molar-refractivity contribution in [3.8, 4) is 0 Å². The number of ether oxygens (including phenoxy) is 1. The third-order valence-electron chi connectivity index (χ3n) is 5.85. The maximum Gasteiger partial charge on any atom is 0.326 e. The molecule has 1 aromatic carbocycles. The summed E-state index contributed by atoms with van der Waals surface area (Å²) >= 11 is 0. The van der Waals surface area contributed by atoms with Crippen LogP contribution in [-0.2, 0) is 33.8 Å². The standard InChI is InChI=1S/C18H21NO4/c19-18(7-6-13-14(15(13)18)16(20)21)17(22)23-9-10-4-5-11-2-1-3-12(11)8-10/h4-5,8,13-15H,1-3,6-7,9,19H2,(H,20,21)/t13-,14-,15-,18-/m0/s1. The molecular weight excluding hydrogens is 294 g/mol. The lowest BCUT2D eigenvalue weighted by Gasteiger charge is -2.24. The zero-order valence-electron chi connectivity index (χ0n) is 13.0. The third-order valence-corrected chi connectivity index (χ3v) is 5.85. The Balaban J connectivity index is 1.41. The molecule has 0 radical (unpaired) electrons. The first kappa shape index (κ1) is 14.7. The summed E-state index contributed by atoms with van der Waals surface area (Å²) < 4.78 is 5.44. The number of hydrogen-bond acceptors (Lipinski definition) is 4. The molecule has 0 heterocycles. The average molecular weight is 315 g/mol. The Morgan fingerprint density at radius 1 is 1.30 bits per heavy atom. The summed E-state index contributed by atoms with van der Waals surface area (Å²) in [6.45, 7) is 0.209. The Morgan fingerprint density at radius 2 is 2.09 bits per heavy atom. The summed E-state index contributed by atoms with van der Waals surface area (Å²) in [5, 5.41) is 9.16. The van der Waals surface area contributed by atoms with Crippen molar-refractivity contribution in [3.63, 3.8) is 0 Å². The van der Waals surface area contributed by atoms with E-state index >= 15 is 0 Å². The van der Waals surface area contributed by atoms with Crippen molar-refractivity contribution in [1.82, 2.24) is 0 Å². The van der Waals surface area contributed by atoms with Gasteiger partial charge in [0.25, 0.3) is 0 Å². The molecule has 0 aliphatic heterocycles. The largest absolute Gasteiger partial charge is 0.481 e. The van der Waals surface area contributed by atoms with Gasteiger partial charge in [0.2, 0.25) is 0 Å². The third kappa shape index (κ3) is 2.26. The lowest BCUT2D eigenvalue weighted by atomic mass is 9.91.